The highest BCUT2D eigenvalue weighted by molar-refractivity contribution is 7.80. The first-order chi connectivity index (χ1) is 17.5. The molecule has 7 nitrogen and oxygen atoms in total. The Hall–Kier alpha value is -1.80. The zero-order chi connectivity index (χ0) is 27.0. The summed E-state index contributed by atoms with van der Waals surface area (Å²) in [6.07, 6.45) is 9.20. The van der Waals surface area contributed by atoms with E-state index in [-0.39, 0.29) is 42.2 Å². The van der Waals surface area contributed by atoms with Gasteiger partial charge >= 0.3 is 6.09 Å². The largest absolute Gasteiger partial charge is 0.472 e. The molecule has 0 bridgehead atoms. The summed E-state index contributed by atoms with van der Waals surface area (Å²) < 4.78 is 17.3. The summed E-state index contributed by atoms with van der Waals surface area (Å²) in [7, 11) is 3.24. The number of allylic oxidation sites excluding steroid dienone is 1. The number of thiocarbonyl (C=S) groups is 1. The minimum Gasteiger partial charge on any atom is -0.472 e. The Morgan fingerprint density at radius 1 is 1.05 bits per heavy atom. The van der Waals surface area contributed by atoms with Gasteiger partial charge in [0.25, 0.3) is 0 Å². The summed E-state index contributed by atoms with van der Waals surface area (Å²) in [6.45, 7) is 6.73. The average molecular weight is 534 g/mol. The topological polar surface area (TPSA) is 82.1 Å². The van der Waals surface area contributed by atoms with E-state index in [2.05, 4.69) is 13.8 Å². The molecule has 4 aliphatic rings. The van der Waals surface area contributed by atoms with Gasteiger partial charge in [-0.15, -0.1) is 0 Å². The van der Waals surface area contributed by atoms with Crippen LogP contribution < -0.4 is 0 Å². The number of ketones is 2. The fourth-order valence-electron chi connectivity index (χ4n) is 8.11. The van der Waals surface area contributed by atoms with E-state index >= 15 is 0 Å². The predicted molar refractivity (Wildman–Crippen MR) is 144 cm³/mol. The Kier molecular flexibility index (Phi) is 8.20. The van der Waals surface area contributed by atoms with Gasteiger partial charge in [-0.05, 0) is 86.4 Å². The van der Waals surface area contributed by atoms with Crippen LogP contribution in [0.2, 0.25) is 0 Å². The van der Waals surface area contributed by atoms with Crippen LogP contribution in [0.4, 0.5) is 4.79 Å². The zero-order valence-corrected chi connectivity index (χ0v) is 23.9. The van der Waals surface area contributed by atoms with Gasteiger partial charge in [0.2, 0.25) is 5.78 Å². The van der Waals surface area contributed by atoms with E-state index in [1.54, 1.807) is 14.1 Å². The van der Waals surface area contributed by atoms with Crippen molar-refractivity contribution in [3.05, 3.63) is 11.6 Å². The molecule has 0 aliphatic heterocycles. The van der Waals surface area contributed by atoms with E-state index in [0.29, 0.717) is 42.1 Å². The van der Waals surface area contributed by atoms with Gasteiger partial charge in [-0.2, -0.15) is 0 Å². The Morgan fingerprint density at radius 2 is 1.78 bits per heavy atom. The number of carbonyl (C=O) groups excluding carboxylic acids is 3. The van der Waals surface area contributed by atoms with Crippen LogP contribution in [0.25, 0.3) is 0 Å². The molecule has 0 aromatic rings. The highest BCUT2D eigenvalue weighted by atomic mass is 32.1. The van der Waals surface area contributed by atoms with E-state index in [4.69, 9.17) is 26.4 Å². The van der Waals surface area contributed by atoms with E-state index in [9.17, 15) is 14.4 Å². The molecule has 3 saturated carbocycles. The third-order valence-corrected chi connectivity index (χ3v) is 10.5. The maximum atomic E-state index is 13.9. The van der Waals surface area contributed by atoms with E-state index < -0.39 is 11.7 Å². The third kappa shape index (κ3) is 4.88. The molecule has 0 saturated heterocycles. The maximum absolute atomic E-state index is 13.9. The molecule has 0 aromatic carbocycles. The van der Waals surface area contributed by atoms with Gasteiger partial charge in [0, 0.05) is 32.4 Å². The van der Waals surface area contributed by atoms with Crippen LogP contribution in [0.5, 0.6) is 0 Å². The smallest absolute Gasteiger partial charge is 0.409 e. The first-order valence-electron chi connectivity index (χ1n) is 13.9. The molecule has 0 aromatic heterocycles. The Morgan fingerprint density at radius 3 is 2.49 bits per heavy atom. The van der Waals surface area contributed by atoms with Crippen molar-refractivity contribution in [3.63, 3.8) is 0 Å². The van der Waals surface area contributed by atoms with Crippen LogP contribution in [0.15, 0.2) is 11.6 Å². The molecule has 37 heavy (non-hydrogen) atoms. The van der Waals surface area contributed by atoms with Crippen LogP contribution in [0.3, 0.4) is 0 Å². The summed E-state index contributed by atoms with van der Waals surface area (Å²) in [4.78, 5) is 39.0. The molecule has 0 unspecified atom stereocenters. The minimum absolute atomic E-state index is 0.0587. The second kappa shape index (κ2) is 10.8. The number of hydrogen-bond acceptors (Lipinski definition) is 7. The normalized spacial score (nSPS) is 36.5. The quantitative estimate of drug-likeness (QED) is 0.309. The second-order valence-electron chi connectivity index (χ2n) is 12.1. The molecule has 8 heteroatoms. The van der Waals surface area contributed by atoms with Crippen molar-refractivity contribution in [2.75, 3.05) is 33.9 Å². The number of nitrogens with zero attached hydrogens (tertiary/aromatic N) is 1. The van der Waals surface area contributed by atoms with Gasteiger partial charge in [-0.3, -0.25) is 9.59 Å². The first kappa shape index (κ1) is 28.2. The SMILES string of the molecule is CCC(=S)O[C@]1(C(=O)COCCOC(=O)N(C)C)CC[C@H]2[C@@H]3CCC4=CC(=O)CC[C@]4(C)[C@H]3CC[C@@]21C. The van der Waals surface area contributed by atoms with Gasteiger partial charge in [0.15, 0.2) is 16.4 Å². The molecule has 4 aliphatic carbocycles. The van der Waals surface area contributed by atoms with Crippen molar-refractivity contribution in [2.45, 2.75) is 84.2 Å². The van der Waals surface area contributed by atoms with Crippen LogP contribution in [0, 0.1) is 28.6 Å². The first-order valence-corrected chi connectivity index (χ1v) is 14.3. The summed E-state index contributed by atoms with van der Waals surface area (Å²) in [5, 5.41) is 0.476. The molecule has 0 heterocycles. The Balaban J connectivity index is 1.52. The lowest BCUT2D eigenvalue weighted by Gasteiger charge is -2.59. The molecule has 4 rings (SSSR count). The summed E-state index contributed by atoms with van der Waals surface area (Å²) >= 11 is 5.54. The van der Waals surface area contributed by atoms with Crippen LogP contribution in [-0.2, 0) is 23.8 Å². The number of rotatable bonds is 8. The maximum Gasteiger partial charge on any atom is 0.409 e. The van der Waals surface area contributed by atoms with Gasteiger partial charge in [0.1, 0.15) is 13.2 Å². The monoisotopic (exact) mass is 533 g/mol. The highest BCUT2D eigenvalue weighted by Crippen LogP contribution is 2.68. The van der Waals surface area contributed by atoms with Crippen molar-refractivity contribution < 1.29 is 28.6 Å². The highest BCUT2D eigenvalue weighted by Gasteiger charge is 2.68. The number of ether oxygens (including phenoxy) is 3. The van der Waals surface area contributed by atoms with Crippen molar-refractivity contribution in [1.29, 1.82) is 0 Å². The summed E-state index contributed by atoms with van der Waals surface area (Å²) in [5.74, 6) is 1.62. The molecule has 0 spiro atoms. The predicted octanol–water partition coefficient (Wildman–Crippen LogP) is 5.30. The van der Waals surface area contributed by atoms with Crippen LogP contribution in [0.1, 0.15) is 78.6 Å². The summed E-state index contributed by atoms with van der Waals surface area (Å²) in [6, 6.07) is 0. The molecular weight excluding hydrogens is 490 g/mol. The number of fused-ring (bicyclic) bond motifs is 5. The van der Waals surface area contributed by atoms with Crippen molar-refractivity contribution in [1.82, 2.24) is 4.90 Å². The summed E-state index contributed by atoms with van der Waals surface area (Å²) in [5.41, 5.74) is 0.115. The third-order valence-electron chi connectivity index (χ3n) is 10.2. The van der Waals surface area contributed by atoms with Crippen LogP contribution >= 0.6 is 12.2 Å². The number of amides is 1. The fourth-order valence-corrected chi connectivity index (χ4v) is 8.25. The van der Waals surface area contributed by atoms with Gasteiger partial charge in [-0.1, -0.05) is 26.3 Å². The molecule has 1 amide bonds. The lowest BCUT2D eigenvalue weighted by molar-refractivity contribution is -0.163. The van der Waals surface area contributed by atoms with E-state index in [0.717, 1.165) is 38.5 Å². The molecule has 206 valence electrons. The van der Waals surface area contributed by atoms with E-state index in [1.165, 1.54) is 10.5 Å². The van der Waals surface area contributed by atoms with Gasteiger partial charge < -0.3 is 19.1 Å². The zero-order valence-electron chi connectivity index (χ0n) is 23.1. The number of hydrogen-bond donors (Lipinski definition) is 0. The standard InChI is InChI=1S/C29H43NO6S/c1-6-25(37)36-29(24(32)18-34-15-16-35-26(33)30(4)5)14-11-23-21-8-7-19-17-20(31)9-12-27(19,2)22(21)10-13-28(23,29)3/h17,21-23H,6-16,18H2,1-5H3/t21-,22+,23+,27+,28+,29+/m1/s1. The average Bonchev–Trinajstić information content (AvgIpc) is 3.16. The lowest BCUT2D eigenvalue weighted by atomic mass is 9.46. The fraction of sp³-hybridized carbons (Fsp3) is 0.793. The molecular formula is C29H43NO6S. The molecule has 3 fully saturated rings. The molecule has 0 radical (unpaired) electrons. The van der Waals surface area contributed by atoms with Crippen molar-refractivity contribution >= 4 is 34.9 Å². The lowest BCUT2D eigenvalue weighted by Crippen LogP contribution is -2.59. The van der Waals surface area contributed by atoms with Gasteiger partial charge in [0.05, 0.1) is 6.61 Å². The number of Topliss-reactive ketones (excluding diaryl/α,β-unsaturated/α-hetero) is 1. The number of carbonyl (C=O) groups is 3. The van der Waals surface area contributed by atoms with Gasteiger partial charge in [-0.25, -0.2) is 4.79 Å². The molecule has 6 atom stereocenters. The second-order valence-corrected chi connectivity index (χ2v) is 12.6. The minimum atomic E-state index is -0.990. The van der Waals surface area contributed by atoms with Crippen molar-refractivity contribution in [2.24, 2.45) is 28.6 Å². The van der Waals surface area contributed by atoms with E-state index in [1.807, 2.05) is 13.0 Å². The van der Waals surface area contributed by atoms with Crippen LogP contribution in [-0.4, -0.2) is 67.1 Å². The van der Waals surface area contributed by atoms with Crippen molar-refractivity contribution in [3.8, 4) is 0 Å². The Bertz CT molecular complexity index is 977. The molecule has 0 N–H and O–H groups in total. The Labute approximate surface area is 226 Å².